The van der Waals surface area contributed by atoms with E-state index in [0.29, 0.717) is 19.3 Å². The molecule has 1 saturated heterocycles. The summed E-state index contributed by atoms with van der Waals surface area (Å²) in [5.74, 6) is -0.693. The Balaban J connectivity index is 2.24. The van der Waals surface area contributed by atoms with E-state index in [-0.39, 0.29) is 6.42 Å². The number of amides is 1. The minimum atomic E-state index is -1.66. The van der Waals surface area contributed by atoms with Crippen molar-refractivity contribution in [2.45, 2.75) is 339 Å². The first-order valence-electron chi connectivity index (χ1n) is 29.6. The molecule has 9 atom stereocenters. The van der Waals surface area contributed by atoms with Gasteiger partial charge in [-0.2, -0.15) is 0 Å². The lowest BCUT2D eigenvalue weighted by atomic mass is 9.98. The van der Waals surface area contributed by atoms with Crippen molar-refractivity contribution in [3.63, 3.8) is 0 Å². The lowest BCUT2D eigenvalue weighted by Crippen LogP contribution is -2.60. The fourth-order valence-electron chi connectivity index (χ4n) is 9.73. The number of nitrogens with one attached hydrogen (secondary N) is 1. The van der Waals surface area contributed by atoms with Crippen molar-refractivity contribution in [1.29, 1.82) is 0 Å². The Kier molecular flexibility index (Phi) is 45.7. The van der Waals surface area contributed by atoms with E-state index in [9.17, 15) is 40.5 Å². The highest BCUT2D eigenvalue weighted by Gasteiger charge is 2.44. The van der Waals surface area contributed by atoms with Gasteiger partial charge in [0.2, 0.25) is 5.91 Å². The molecular formula is C58H113NO10. The first kappa shape index (κ1) is 65.9. The van der Waals surface area contributed by atoms with Gasteiger partial charge in [-0.15, -0.1) is 0 Å². The lowest BCUT2D eigenvalue weighted by molar-refractivity contribution is -0.303. The number of carbonyl (C=O) groups is 1. The van der Waals surface area contributed by atoms with Crippen LogP contribution in [0.1, 0.15) is 284 Å². The van der Waals surface area contributed by atoms with Gasteiger partial charge in [0.25, 0.3) is 0 Å². The van der Waals surface area contributed by atoms with Crippen molar-refractivity contribution in [3.8, 4) is 0 Å². The number of carbonyl (C=O) groups excluding carboxylic acids is 1. The molecule has 11 heteroatoms. The van der Waals surface area contributed by atoms with Gasteiger partial charge in [-0.3, -0.25) is 4.79 Å². The summed E-state index contributed by atoms with van der Waals surface area (Å²) < 4.78 is 11.1. The molecule has 69 heavy (non-hydrogen) atoms. The summed E-state index contributed by atoms with van der Waals surface area (Å²) in [4.78, 5) is 13.2. The number of unbranched alkanes of at least 4 members (excludes halogenated alkanes) is 37. The normalized spacial score (nSPS) is 20.4. The van der Waals surface area contributed by atoms with E-state index in [1.54, 1.807) is 0 Å². The maximum atomic E-state index is 13.2. The highest BCUT2D eigenvalue weighted by molar-refractivity contribution is 5.80. The van der Waals surface area contributed by atoms with Gasteiger partial charge in [0.15, 0.2) is 6.29 Å². The first-order chi connectivity index (χ1) is 33.7. The zero-order chi connectivity index (χ0) is 50.4. The predicted molar refractivity (Wildman–Crippen MR) is 284 cm³/mol. The maximum absolute atomic E-state index is 13.2. The molecule has 0 aromatic rings. The van der Waals surface area contributed by atoms with Crippen LogP contribution in [0.15, 0.2) is 12.2 Å². The van der Waals surface area contributed by atoms with Crippen molar-refractivity contribution in [1.82, 2.24) is 5.32 Å². The minimum Gasteiger partial charge on any atom is -0.394 e. The fraction of sp³-hybridized carbons (Fsp3) is 0.948. The number of hydrogen-bond acceptors (Lipinski definition) is 10. The van der Waals surface area contributed by atoms with Crippen LogP contribution < -0.4 is 5.32 Å². The van der Waals surface area contributed by atoms with Crippen LogP contribution in [0.5, 0.6) is 0 Å². The van der Waals surface area contributed by atoms with Crippen molar-refractivity contribution in [3.05, 3.63) is 12.2 Å². The van der Waals surface area contributed by atoms with Gasteiger partial charge in [-0.1, -0.05) is 257 Å². The average molecular weight is 985 g/mol. The topological polar surface area (TPSA) is 189 Å². The third kappa shape index (κ3) is 36.4. The van der Waals surface area contributed by atoms with E-state index >= 15 is 0 Å². The van der Waals surface area contributed by atoms with E-state index in [1.807, 2.05) is 0 Å². The molecule has 9 unspecified atom stereocenters. The standard InChI is InChI=1S/C58H113NO10/c1-3-5-7-9-11-13-15-17-19-20-21-22-23-24-25-26-27-28-29-30-31-32-34-36-38-40-42-44-46-51(62)57(67)59-49(48-68-58-56(66)55(65)54(64)52(47-60)69-58)53(63)50(61)45-43-41-39-37-35-33-18-16-14-12-10-8-6-4-2/h24-25,49-56,58,60-66H,3-23,26-48H2,1-2H3,(H,59,67)/b25-24-. The summed E-state index contributed by atoms with van der Waals surface area (Å²) in [7, 11) is 0. The summed E-state index contributed by atoms with van der Waals surface area (Å²) in [5.41, 5.74) is 0. The number of aliphatic hydroxyl groups is 7. The molecule has 1 aliphatic heterocycles. The number of hydrogen-bond donors (Lipinski definition) is 8. The van der Waals surface area contributed by atoms with Crippen LogP contribution in [0.25, 0.3) is 0 Å². The molecule has 0 bridgehead atoms. The first-order valence-corrected chi connectivity index (χ1v) is 29.6. The quantitative estimate of drug-likeness (QED) is 0.0215. The van der Waals surface area contributed by atoms with Crippen LogP contribution in [-0.4, -0.2) is 110 Å². The lowest BCUT2D eigenvalue weighted by Gasteiger charge is -2.40. The van der Waals surface area contributed by atoms with Crippen LogP contribution in [0.4, 0.5) is 0 Å². The molecule has 1 fully saturated rings. The third-order valence-electron chi connectivity index (χ3n) is 14.6. The van der Waals surface area contributed by atoms with Crippen LogP contribution in [0.2, 0.25) is 0 Å². The van der Waals surface area contributed by atoms with E-state index in [0.717, 1.165) is 38.5 Å². The van der Waals surface area contributed by atoms with Gasteiger partial charge in [0, 0.05) is 0 Å². The average Bonchev–Trinajstić information content (AvgIpc) is 3.35. The Labute approximate surface area is 423 Å². The highest BCUT2D eigenvalue weighted by Crippen LogP contribution is 2.24. The Morgan fingerprint density at radius 3 is 1.22 bits per heavy atom. The van der Waals surface area contributed by atoms with Gasteiger partial charge >= 0.3 is 0 Å². The molecule has 1 aliphatic rings. The summed E-state index contributed by atoms with van der Waals surface area (Å²) in [6.07, 6.45) is 44.2. The number of allylic oxidation sites excluding steroid dienone is 2. The molecule has 0 spiro atoms. The molecule has 1 amide bonds. The molecule has 0 aromatic carbocycles. The zero-order valence-corrected chi connectivity index (χ0v) is 44.8. The van der Waals surface area contributed by atoms with Gasteiger partial charge in [-0.05, 0) is 38.5 Å². The van der Waals surface area contributed by atoms with E-state index < -0.39 is 74.2 Å². The zero-order valence-electron chi connectivity index (χ0n) is 44.8. The summed E-state index contributed by atoms with van der Waals surface area (Å²) in [5, 5.41) is 76.1. The van der Waals surface area contributed by atoms with Crippen LogP contribution in [0, 0.1) is 0 Å². The predicted octanol–water partition coefficient (Wildman–Crippen LogP) is 12.4. The largest absolute Gasteiger partial charge is 0.394 e. The second-order valence-electron chi connectivity index (χ2n) is 21.1. The minimum absolute atomic E-state index is 0.263. The van der Waals surface area contributed by atoms with Crippen molar-refractivity contribution >= 4 is 5.91 Å². The summed E-state index contributed by atoms with van der Waals surface area (Å²) in [6, 6.07) is -1.16. The molecule has 410 valence electrons. The van der Waals surface area contributed by atoms with Crippen molar-refractivity contribution in [2.24, 2.45) is 0 Å². The molecule has 1 rings (SSSR count). The monoisotopic (exact) mass is 984 g/mol. The van der Waals surface area contributed by atoms with Crippen molar-refractivity contribution in [2.75, 3.05) is 13.2 Å². The van der Waals surface area contributed by atoms with Gasteiger partial charge in [-0.25, -0.2) is 0 Å². The van der Waals surface area contributed by atoms with Gasteiger partial charge in [0.05, 0.1) is 25.4 Å². The van der Waals surface area contributed by atoms with Crippen LogP contribution in [0.3, 0.4) is 0 Å². The third-order valence-corrected chi connectivity index (χ3v) is 14.6. The van der Waals surface area contributed by atoms with Gasteiger partial charge in [0.1, 0.15) is 36.6 Å². The molecule has 0 radical (unpaired) electrons. The summed E-state index contributed by atoms with van der Waals surface area (Å²) in [6.45, 7) is 3.48. The van der Waals surface area contributed by atoms with E-state index in [4.69, 9.17) is 9.47 Å². The summed E-state index contributed by atoms with van der Waals surface area (Å²) >= 11 is 0. The second-order valence-corrected chi connectivity index (χ2v) is 21.1. The number of rotatable bonds is 51. The number of ether oxygens (including phenoxy) is 2. The van der Waals surface area contributed by atoms with Gasteiger partial charge < -0.3 is 50.5 Å². The number of aliphatic hydroxyl groups excluding tert-OH is 7. The van der Waals surface area contributed by atoms with Crippen LogP contribution in [-0.2, 0) is 14.3 Å². The Morgan fingerprint density at radius 2 is 0.841 bits per heavy atom. The highest BCUT2D eigenvalue weighted by atomic mass is 16.7. The Hall–Kier alpha value is -1.15. The van der Waals surface area contributed by atoms with Crippen molar-refractivity contribution < 1.29 is 50.0 Å². The molecule has 0 aliphatic carbocycles. The molecule has 0 saturated carbocycles. The smallest absolute Gasteiger partial charge is 0.249 e. The maximum Gasteiger partial charge on any atom is 0.249 e. The SMILES string of the molecule is CCCCCCCCCCCCCC/C=C\CCCCCCCCCCCCCCC(O)C(=O)NC(COC1OC(CO)C(O)C(O)C1O)C(O)C(O)CCCCCCCCCCCCCCCC. The Bertz CT molecular complexity index is 1130. The molecule has 11 nitrogen and oxygen atoms in total. The Morgan fingerprint density at radius 1 is 0.493 bits per heavy atom. The van der Waals surface area contributed by atoms with E-state index in [2.05, 4.69) is 31.3 Å². The molecule has 1 heterocycles. The second kappa shape index (κ2) is 47.8. The molecule has 8 N–H and O–H groups in total. The fourth-order valence-corrected chi connectivity index (χ4v) is 9.73. The van der Waals surface area contributed by atoms with E-state index in [1.165, 1.54) is 205 Å². The molecule has 0 aromatic heterocycles. The van der Waals surface area contributed by atoms with Crippen LogP contribution >= 0.6 is 0 Å². The molecular weight excluding hydrogens is 871 g/mol.